The van der Waals surface area contributed by atoms with Crippen LogP contribution in [-0.2, 0) is 10.0 Å². The summed E-state index contributed by atoms with van der Waals surface area (Å²) in [6, 6.07) is 0.327. The lowest BCUT2D eigenvalue weighted by Crippen LogP contribution is -2.36. The van der Waals surface area contributed by atoms with Gasteiger partial charge in [-0.25, -0.2) is 13.1 Å². The topological polar surface area (TPSA) is 58.2 Å². The van der Waals surface area contributed by atoms with Gasteiger partial charge in [-0.3, -0.25) is 0 Å². The van der Waals surface area contributed by atoms with Crippen molar-refractivity contribution in [3.8, 4) is 0 Å². The first-order valence-electron chi connectivity index (χ1n) is 6.35. The molecule has 0 spiro atoms. The number of hydrogen-bond donors (Lipinski definition) is 2. The third-order valence-corrected chi connectivity index (χ3v) is 4.24. The van der Waals surface area contributed by atoms with Gasteiger partial charge in [-0.05, 0) is 25.2 Å². The summed E-state index contributed by atoms with van der Waals surface area (Å²) in [5.74, 6) is 0.626. The summed E-state index contributed by atoms with van der Waals surface area (Å²) in [5.41, 5.74) is 0. The van der Waals surface area contributed by atoms with Gasteiger partial charge in [0.15, 0.2) is 0 Å². The Balaban J connectivity index is 2.22. The average Bonchev–Trinajstić information content (AvgIpc) is 2.27. The Bertz CT molecular complexity index is 336. The number of hydrogen-bond acceptors (Lipinski definition) is 3. The van der Waals surface area contributed by atoms with Crippen LogP contribution in [0.4, 0.5) is 0 Å². The van der Waals surface area contributed by atoms with Gasteiger partial charge in [0.25, 0.3) is 0 Å². The Labute approximate surface area is 105 Å². The first-order chi connectivity index (χ1) is 7.99. The minimum atomic E-state index is -3.11. The quantitative estimate of drug-likeness (QED) is 0.678. The van der Waals surface area contributed by atoms with Crippen molar-refractivity contribution < 1.29 is 8.42 Å². The largest absolute Gasteiger partial charge is 0.313 e. The number of sulfonamides is 1. The van der Waals surface area contributed by atoms with Gasteiger partial charge in [0.2, 0.25) is 10.0 Å². The van der Waals surface area contributed by atoms with E-state index in [0.717, 1.165) is 19.3 Å². The second-order valence-corrected chi connectivity index (χ2v) is 6.85. The highest BCUT2D eigenvalue weighted by Crippen LogP contribution is 2.17. The molecule has 100 valence electrons. The molecule has 0 heterocycles. The highest BCUT2D eigenvalue weighted by Gasteiger charge is 2.15. The van der Waals surface area contributed by atoms with Crippen LogP contribution in [0.2, 0.25) is 0 Å². The summed E-state index contributed by atoms with van der Waals surface area (Å²) in [5, 5.41) is 3.11. The predicted octanol–water partition coefficient (Wildman–Crippen LogP) is 1.26. The molecular formula is C12H24N2O2S. The van der Waals surface area contributed by atoms with Crippen molar-refractivity contribution in [3.63, 3.8) is 0 Å². The van der Waals surface area contributed by atoms with Crippen LogP contribution in [0.1, 0.15) is 33.1 Å². The fourth-order valence-corrected chi connectivity index (χ4v) is 2.86. The zero-order valence-corrected chi connectivity index (χ0v) is 11.6. The molecule has 0 fully saturated rings. The Morgan fingerprint density at radius 3 is 2.71 bits per heavy atom. The molecule has 0 bridgehead atoms. The van der Waals surface area contributed by atoms with E-state index in [9.17, 15) is 8.42 Å². The van der Waals surface area contributed by atoms with E-state index >= 15 is 0 Å². The van der Waals surface area contributed by atoms with Gasteiger partial charge in [0.1, 0.15) is 0 Å². The molecule has 4 nitrogen and oxygen atoms in total. The molecule has 17 heavy (non-hydrogen) atoms. The predicted molar refractivity (Wildman–Crippen MR) is 71.4 cm³/mol. The third kappa shape index (κ3) is 6.81. The maximum atomic E-state index is 11.7. The van der Waals surface area contributed by atoms with Crippen molar-refractivity contribution in [2.75, 3.05) is 18.8 Å². The molecular weight excluding hydrogens is 236 g/mol. The first-order valence-corrected chi connectivity index (χ1v) is 8.00. The molecule has 0 radical (unpaired) electrons. The van der Waals surface area contributed by atoms with Gasteiger partial charge >= 0.3 is 0 Å². The molecule has 1 aliphatic carbocycles. The van der Waals surface area contributed by atoms with Crippen molar-refractivity contribution in [1.82, 2.24) is 10.0 Å². The Hall–Kier alpha value is -0.390. The summed E-state index contributed by atoms with van der Waals surface area (Å²) >= 11 is 0. The molecule has 0 aromatic rings. The molecule has 1 atom stereocenters. The van der Waals surface area contributed by atoms with Crippen LogP contribution in [0, 0.1) is 5.92 Å². The zero-order valence-electron chi connectivity index (χ0n) is 10.8. The highest BCUT2D eigenvalue weighted by molar-refractivity contribution is 7.89. The maximum Gasteiger partial charge on any atom is 0.212 e. The molecule has 0 saturated carbocycles. The molecule has 0 aromatic heterocycles. The van der Waals surface area contributed by atoms with Crippen molar-refractivity contribution in [2.45, 2.75) is 39.2 Å². The van der Waals surface area contributed by atoms with Gasteiger partial charge < -0.3 is 5.32 Å². The normalized spacial score (nSPS) is 21.0. The molecule has 0 amide bonds. The van der Waals surface area contributed by atoms with E-state index < -0.39 is 10.0 Å². The smallest absolute Gasteiger partial charge is 0.212 e. The van der Waals surface area contributed by atoms with E-state index in [1.807, 2.05) is 13.8 Å². The summed E-state index contributed by atoms with van der Waals surface area (Å²) in [6.45, 7) is 5.11. The molecule has 1 aliphatic rings. The molecule has 1 rings (SSSR count). The minimum Gasteiger partial charge on any atom is -0.313 e. The summed E-state index contributed by atoms with van der Waals surface area (Å²) < 4.78 is 26.1. The Kier molecular flexibility index (Phi) is 6.16. The van der Waals surface area contributed by atoms with E-state index in [-0.39, 0.29) is 5.75 Å². The van der Waals surface area contributed by atoms with Crippen LogP contribution in [0.5, 0.6) is 0 Å². The van der Waals surface area contributed by atoms with E-state index in [2.05, 4.69) is 22.2 Å². The van der Waals surface area contributed by atoms with Crippen molar-refractivity contribution in [3.05, 3.63) is 12.2 Å². The maximum absolute atomic E-state index is 11.7. The first kappa shape index (κ1) is 14.7. The Morgan fingerprint density at radius 1 is 1.35 bits per heavy atom. The van der Waals surface area contributed by atoms with Crippen molar-refractivity contribution in [2.24, 2.45) is 5.92 Å². The molecule has 0 aliphatic heterocycles. The van der Waals surface area contributed by atoms with Crippen LogP contribution in [0.25, 0.3) is 0 Å². The van der Waals surface area contributed by atoms with Gasteiger partial charge in [-0.1, -0.05) is 26.0 Å². The number of allylic oxidation sites excluding steroid dienone is 2. The lowest BCUT2D eigenvalue weighted by molar-refractivity contribution is 0.467. The molecule has 1 unspecified atom stereocenters. The van der Waals surface area contributed by atoms with Gasteiger partial charge in [0, 0.05) is 19.1 Å². The van der Waals surface area contributed by atoms with Gasteiger partial charge in [-0.15, -0.1) is 0 Å². The highest BCUT2D eigenvalue weighted by atomic mass is 32.2. The summed E-state index contributed by atoms with van der Waals surface area (Å²) in [4.78, 5) is 0. The fraction of sp³-hybridized carbons (Fsp3) is 0.833. The number of nitrogens with one attached hydrogen (secondary N) is 2. The second-order valence-electron chi connectivity index (χ2n) is 4.93. The molecule has 0 saturated heterocycles. The molecule has 5 heteroatoms. The lowest BCUT2D eigenvalue weighted by atomic mass is 9.95. The van der Waals surface area contributed by atoms with Crippen molar-refractivity contribution >= 4 is 10.0 Å². The van der Waals surface area contributed by atoms with Gasteiger partial charge in [0.05, 0.1) is 5.75 Å². The standard InChI is InChI=1S/C12H24N2O2S/c1-11(2)13-8-9-17(15,16)14-10-12-6-4-3-5-7-12/h3-4,11-14H,5-10H2,1-2H3. The van der Waals surface area contributed by atoms with E-state index in [1.54, 1.807) is 0 Å². The molecule has 0 aromatic carbocycles. The van der Waals surface area contributed by atoms with Crippen LogP contribution in [-0.4, -0.2) is 33.3 Å². The SMILES string of the molecule is CC(C)NCCS(=O)(=O)NCC1CC=CCC1. The minimum absolute atomic E-state index is 0.160. The monoisotopic (exact) mass is 260 g/mol. The van der Waals surface area contributed by atoms with Crippen LogP contribution in [0.15, 0.2) is 12.2 Å². The number of rotatable bonds is 7. The summed E-state index contributed by atoms with van der Waals surface area (Å²) in [6.07, 6.45) is 7.46. The lowest BCUT2D eigenvalue weighted by Gasteiger charge is -2.18. The van der Waals surface area contributed by atoms with E-state index in [0.29, 0.717) is 25.0 Å². The zero-order chi connectivity index (χ0) is 12.7. The van der Waals surface area contributed by atoms with Crippen molar-refractivity contribution in [1.29, 1.82) is 0 Å². The fourth-order valence-electron chi connectivity index (χ4n) is 1.84. The summed E-state index contributed by atoms with van der Waals surface area (Å²) in [7, 11) is -3.11. The second kappa shape index (κ2) is 7.13. The van der Waals surface area contributed by atoms with E-state index in [1.165, 1.54) is 0 Å². The third-order valence-electron chi connectivity index (χ3n) is 2.89. The Morgan fingerprint density at radius 2 is 2.12 bits per heavy atom. The molecule has 2 N–H and O–H groups in total. The van der Waals surface area contributed by atoms with Crippen LogP contribution in [0.3, 0.4) is 0 Å². The van der Waals surface area contributed by atoms with Gasteiger partial charge in [-0.2, -0.15) is 0 Å². The van der Waals surface area contributed by atoms with Crippen LogP contribution >= 0.6 is 0 Å². The average molecular weight is 260 g/mol. The van der Waals surface area contributed by atoms with E-state index in [4.69, 9.17) is 0 Å². The van der Waals surface area contributed by atoms with Crippen LogP contribution < -0.4 is 10.0 Å².